The fraction of sp³-hybridized carbons (Fsp3) is 0.154. The number of carboxylic acids is 1. The topological polar surface area (TPSA) is 93.6 Å². The van der Waals surface area contributed by atoms with E-state index in [0.717, 1.165) is 0 Å². The Bertz CT molecular complexity index is 678. The van der Waals surface area contributed by atoms with Gasteiger partial charge in [0.1, 0.15) is 10.8 Å². The third-order valence-corrected chi connectivity index (χ3v) is 2.86. The van der Waals surface area contributed by atoms with E-state index in [1.807, 2.05) is 0 Å². The van der Waals surface area contributed by atoms with Crippen molar-refractivity contribution in [3.8, 4) is 11.6 Å². The fourth-order valence-corrected chi connectivity index (χ4v) is 1.77. The van der Waals surface area contributed by atoms with Crippen LogP contribution in [0.25, 0.3) is 0 Å². The number of hydrogen-bond acceptors (Lipinski definition) is 6. The van der Waals surface area contributed by atoms with Crippen molar-refractivity contribution < 1.29 is 19.4 Å². The summed E-state index contributed by atoms with van der Waals surface area (Å²) in [7, 11) is 2.88. The number of aromatic nitrogens is 2. The zero-order chi connectivity index (χ0) is 15.4. The van der Waals surface area contributed by atoms with Crippen molar-refractivity contribution in [1.29, 1.82) is 0 Å². The summed E-state index contributed by atoms with van der Waals surface area (Å²) in [6.45, 7) is 0. The Labute approximate surface area is 125 Å². The maximum Gasteiger partial charge on any atom is 0.335 e. The van der Waals surface area contributed by atoms with Gasteiger partial charge < -0.3 is 19.9 Å². The van der Waals surface area contributed by atoms with Crippen molar-refractivity contribution in [2.45, 2.75) is 0 Å². The molecule has 8 heteroatoms. The molecule has 0 fully saturated rings. The van der Waals surface area contributed by atoms with E-state index in [9.17, 15) is 4.79 Å². The highest BCUT2D eigenvalue weighted by Gasteiger charge is 2.11. The molecule has 0 amide bonds. The number of carbonyl (C=O) groups is 1. The maximum atomic E-state index is 10.9. The van der Waals surface area contributed by atoms with Crippen LogP contribution in [0.5, 0.6) is 11.6 Å². The molecule has 0 spiro atoms. The summed E-state index contributed by atoms with van der Waals surface area (Å²) in [4.78, 5) is 19.0. The molecule has 2 rings (SSSR count). The summed E-state index contributed by atoms with van der Waals surface area (Å²) < 4.78 is 10.1. The van der Waals surface area contributed by atoms with Crippen molar-refractivity contribution in [2.24, 2.45) is 0 Å². The van der Waals surface area contributed by atoms with Gasteiger partial charge in [0, 0.05) is 0 Å². The molecule has 0 aliphatic heterocycles. The van der Waals surface area contributed by atoms with Gasteiger partial charge in [-0.15, -0.1) is 0 Å². The second kappa shape index (κ2) is 6.27. The maximum absolute atomic E-state index is 10.9. The summed E-state index contributed by atoms with van der Waals surface area (Å²) >= 11 is 5.85. The van der Waals surface area contributed by atoms with Crippen LogP contribution in [0.15, 0.2) is 24.4 Å². The zero-order valence-corrected chi connectivity index (χ0v) is 12.0. The number of nitrogens with zero attached hydrogens (tertiary/aromatic N) is 2. The van der Waals surface area contributed by atoms with Gasteiger partial charge >= 0.3 is 5.97 Å². The number of hydrogen-bond donors (Lipinski definition) is 2. The number of halogens is 1. The van der Waals surface area contributed by atoms with Gasteiger partial charge in [-0.3, -0.25) is 0 Å². The van der Waals surface area contributed by atoms with Gasteiger partial charge in [-0.2, -0.15) is 4.98 Å². The summed E-state index contributed by atoms with van der Waals surface area (Å²) in [5.74, 6) is -0.204. The number of aromatic carboxylic acids is 1. The summed E-state index contributed by atoms with van der Waals surface area (Å²) in [5.41, 5.74) is 0.638. The average molecular weight is 310 g/mol. The van der Waals surface area contributed by atoms with E-state index in [2.05, 4.69) is 15.3 Å². The Morgan fingerprint density at radius 3 is 2.71 bits per heavy atom. The molecular formula is C13H12ClN3O4. The predicted octanol–water partition coefficient (Wildman–Crippen LogP) is 2.59. The van der Waals surface area contributed by atoms with Gasteiger partial charge in [-0.25, -0.2) is 9.78 Å². The first-order chi connectivity index (χ1) is 10.0. The van der Waals surface area contributed by atoms with Crippen LogP contribution in [0.3, 0.4) is 0 Å². The highest BCUT2D eigenvalue weighted by Crippen LogP contribution is 2.29. The zero-order valence-electron chi connectivity index (χ0n) is 11.3. The highest BCUT2D eigenvalue weighted by atomic mass is 35.5. The van der Waals surface area contributed by atoms with Crippen LogP contribution in [0.4, 0.5) is 11.6 Å². The van der Waals surface area contributed by atoms with Crippen LogP contribution >= 0.6 is 11.6 Å². The molecule has 0 atom stereocenters. The van der Waals surface area contributed by atoms with Gasteiger partial charge in [0.2, 0.25) is 11.8 Å². The Kier molecular flexibility index (Phi) is 4.44. The van der Waals surface area contributed by atoms with E-state index in [-0.39, 0.29) is 22.4 Å². The third-order valence-electron chi connectivity index (χ3n) is 2.60. The van der Waals surface area contributed by atoms with Crippen molar-refractivity contribution in [3.63, 3.8) is 0 Å². The third kappa shape index (κ3) is 3.32. The van der Waals surface area contributed by atoms with E-state index in [1.54, 1.807) is 6.07 Å². The smallest absolute Gasteiger partial charge is 0.335 e. The molecule has 110 valence electrons. The van der Waals surface area contributed by atoms with Crippen molar-refractivity contribution in [3.05, 3.63) is 35.0 Å². The van der Waals surface area contributed by atoms with Gasteiger partial charge in [-0.1, -0.05) is 11.6 Å². The van der Waals surface area contributed by atoms with Crippen molar-refractivity contribution >= 4 is 29.2 Å². The molecule has 0 bridgehead atoms. The Morgan fingerprint density at radius 2 is 2.10 bits per heavy atom. The van der Waals surface area contributed by atoms with Crippen LogP contribution in [0.2, 0.25) is 5.02 Å². The molecule has 1 heterocycles. The van der Waals surface area contributed by atoms with Crippen LogP contribution in [0.1, 0.15) is 10.4 Å². The summed E-state index contributed by atoms with van der Waals surface area (Å²) in [5, 5.41) is 12.2. The molecule has 0 aliphatic carbocycles. The molecule has 1 aromatic carbocycles. The first-order valence-electron chi connectivity index (χ1n) is 5.80. The van der Waals surface area contributed by atoms with E-state index in [4.69, 9.17) is 26.2 Å². The fourth-order valence-electron chi connectivity index (χ4n) is 1.60. The number of carboxylic acid groups (broad SMARTS) is 1. The van der Waals surface area contributed by atoms with Gasteiger partial charge in [0.05, 0.1) is 31.7 Å². The largest absolute Gasteiger partial charge is 0.495 e. The lowest BCUT2D eigenvalue weighted by Crippen LogP contribution is -2.03. The Hall–Kier alpha value is -2.54. The van der Waals surface area contributed by atoms with E-state index < -0.39 is 5.97 Å². The van der Waals surface area contributed by atoms with Crippen LogP contribution in [-0.2, 0) is 0 Å². The molecule has 0 aliphatic rings. The lowest BCUT2D eigenvalue weighted by atomic mass is 10.2. The number of methoxy groups -OCH3 is 2. The van der Waals surface area contributed by atoms with Crippen LogP contribution in [0, 0.1) is 0 Å². The monoisotopic (exact) mass is 309 g/mol. The molecule has 0 unspecified atom stereocenters. The Balaban J connectivity index is 2.33. The minimum Gasteiger partial charge on any atom is -0.495 e. The minimum absolute atomic E-state index is 0.118. The quantitative estimate of drug-likeness (QED) is 0.876. The molecule has 1 aromatic heterocycles. The van der Waals surface area contributed by atoms with Crippen LogP contribution < -0.4 is 14.8 Å². The van der Waals surface area contributed by atoms with Crippen LogP contribution in [-0.4, -0.2) is 35.3 Å². The van der Waals surface area contributed by atoms with Gasteiger partial charge in [0.25, 0.3) is 0 Å². The molecule has 0 saturated carbocycles. The minimum atomic E-state index is -1.04. The first kappa shape index (κ1) is 14.9. The first-order valence-corrected chi connectivity index (χ1v) is 6.18. The molecule has 0 radical (unpaired) electrons. The molecule has 0 saturated heterocycles. The molecule has 21 heavy (non-hydrogen) atoms. The summed E-state index contributed by atoms with van der Waals surface area (Å²) in [6, 6.07) is 4.41. The molecule has 7 nitrogen and oxygen atoms in total. The van der Waals surface area contributed by atoms with Crippen molar-refractivity contribution in [1.82, 2.24) is 9.97 Å². The molecule has 2 N–H and O–H groups in total. The van der Waals surface area contributed by atoms with Gasteiger partial charge in [0.15, 0.2) is 0 Å². The van der Waals surface area contributed by atoms with E-state index in [1.165, 1.54) is 32.5 Å². The number of anilines is 2. The number of nitrogens with one attached hydrogen (secondary N) is 1. The van der Waals surface area contributed by atoms with Crippen molar-refractivity contribution in [2.75, 3.05) is 19.5 Å². The normalized spacial score (nSPS) is 10.0. The standard InChI is InChI=1S/C13H12ClN3O4/c1-20-10-5-7(12(18)19)3-4-9(10)16-13-15-6-8(14)11(17-13)21-2/h3-6H,1-2H3,(H,18,19)(H,15,16,17). The Morgan fingerprint density at radius 1 is 1.33 bits per heavy atom. The summed E-state index contributed by atoms with van der Waals surface area (Å²) in [6.07, 6.45) is 1.40. The second-order valence-electron chi connectivity index (χ2n) is 3.90. The average Bonchev–Trinajstić information content (AvgIpc) is 2.49. The lowest BCUT2D eigenvalue weighted by Gasteiger charge is -2.11. The SMILES string of the molecule is COc1cc(C(=O)O)ccc1Nc1ncc(Cl)c(OC)n1. The number of benzene rings is 1. The molecular weight excluding hydrogens is 298 g/mol. The van der Waals surface area contributed by atoms with E-state index in [0.29, 0.717) is 11.4 Å². The highest BCUT2D eigenvalue weighted by molar-refractivity contribution is 6.31. The van der Waals surface area contributed by atoms with Gasteiger partial charge in [-0.05, 0) is 18.2 Å². The van der Waals surface area contributed by atoms with E-state index >= 15 is 0 Å². The molecule has 2 aromatic rings. The predicted molar refractivity (Wildman–Crippen MR) is 76.8 cm³/mol. The number of rotatable bonds is 5. The lowest BCUT2D eigenvalue weighted by molar-refractivity contribution is 0.0696. The second-order valence-corrected chi connectivity index (χ2v) is 4.30. The number of ether oxygens (including phenoxy) is 2.